The van der Waals surface area contributed by atoms with E-state index in [1.165, 1.54) is 0 Å². The Bertz CT molecular complexity index is 2590. The molecule has 9 rings (SSSR count). The smallest absolute Gasteiger partial charge is 0.245 e. The molecular formula is C52H54N8O2. The molecular weight excluding hydrogens is 769 g/mol. The lowest BCUT2D eigenvalue weighted by atomic mass is 10.0. The largest absolute Gasteiger partial charge is 0.340 e. The Morgan fingerprint density at radius 3 is 1.47 bits per heavy atom. The van der Waals surface area contributed by atoms with E-state index in [0.717, 1.165) is 87.7 Å². The highest BCUT2D eigenvalue weighted by Gasteiger charge is 2.43. The van der Waals surface area contributed by atoms with Crippen LogP contribution in [0.4, 0.5) is 0 Å². The summed E-state index contributed by atoms with van der Waals surface area (Å²) >= 11 is 0. The number of carbonyl (C=O) groups excluding carboxylic acids is 2. The van der Waals surface area contributed by atoms with Crippen LogP contribution in [0.3, 0.4) is 0 Å². The van der Waals surface area contributed by atoms with Gasteiger partial charge in [-0.15, -0.1) is 0 Å². The van der Waals surface area contributed by atoms with Gasteiger partial charge in [0.1, 0.15) is 23.7 Å². The van der Waals surface area contributed by atoms with Crippen molar-refractivity contribution in [1.29, 1.82) is 0 Å². The molecule has 0 radical (unpaired) electrons. The molecule has 2 N–H and O–H groups in total. The number of imidazole rings is 2. The molecule has 2 amide bonds. The van der Waals surface area contributed by atoms with Crippen molar-refractivity contribution in [3.63, 3.8) is 0 Å². The zero-order valence-corrected chi connectivity index (χ0v) is 35.9. The lowest BCUT2D eigenvalue weighted by molar-refractivity contribution is -0.140. The van der Waals surface area contributed by atoms with E-state index in [9.17, 15) is 9.59 Å². The van der Waals surface area contributed by atoms with Gasteiger partial charge in [0.05, 0.1) is 41.9 Å². The number of nitrogens with one attached hydrogen (secondary N) is 2. The SMILES string of the molecule is CN(C)[C@@H](C(=O)N1CCC[C@H]1c1ncc(-c2ccc(-c3ccc(-c4cnc([C@@H]5CC[C@H](c6ccccc6)N5C(=O)[C@@H](c5ccccc5)N(C)C)[nH]4)cc3)cc2)[nH]1)c1ccccc1. The van der Waals surface area contributed by atoms with Gasteiger partial charge in [-0.2, -0.15) is 0 Å². The minimum Gasteiger partial charge on any atom is -0.340 e. The molecule has 2 aromatic heterocycles. The Morgan fingerprint density at radius 1 is 0.532 bits per heavy atom. The number of rotatable bonds is 12. The number of benzene rings is 5. The molecule has 2 saturated heterocycles. The first kappa shape index (κ1) is 40.8. The molecule has 2 aliphatic heterocycles. The summed E-state index contributed by atoms with van der Waals surface area (Å²) < 4.78 is 0. The van der Waals surface area contributed by atoms with Crippen LogP contribution < -0.4 is 0 Å². The number of hydrogen-bond acceptors (Lipinski definition) is 6. The summed E-state index contributed by atoms with van der Waals surface area (Å²) in [4.78, 5) is 53.6. The van der Waals surface area contributed by atoms with E-state index in [-0.39, 0.29) is 36.0 Å². The fraction of sp³-hybridized carbons (Fsp3) is 0.269. The Morgan fingerprint density at radius 2 is 0.968 bits per heavy atom. The van der Waals surface area contributed by atoms with Crippen molar-refractivity contribution in [3.05, 3.63) is 180 Å². The van der Waals surface area contributed by atoms with Gasteiger partial charge in [-0.25, -0.2) is 9.97 Å². The molecule has 0 spiro atoms. The van der Waals surface area contributed by atoms with Crippen LogP contribution in [0.1, 0.15) is 84.2 Å². The first-order valence-corrected chi connectivity index (χ1v) is 21.7. The molecule has 62 heavy (non-hydrogen) atoms. The van der Waals surface area contributed by atoms with Gasteiger partial charge in [0, 0.05) is 6.54 Å². The Hall–Kier alpha value is -6.62. The molecule has 5 atom stereocenters. The van der Waals surface area contributed by atoms with Crippen LogP contribution >= 0.6 is 0 Å². The minimum absolute atomic E-state index is 0.0518. The number of carbonyl (C=O) groups is 2. The van der Waals surface area contributed by atoms with Gasteiger partial charge in [0.15, 0.2) is 0 Å². The van der Waals surface area contributed by atoms with E-state index in [0.29, 0.717) is 6.54 Å². The second kappa shape index (κ2) is 17.8. The molecule has 5 aromatic carbocycles. The monoisotopic (exact) mass is 822 g/mol. The van der Waals surface area contributed by atoms with Gasteiger partial charge in [-0.1, -0.05) is 140 Å². The zero-order valence-electron chi connectivity index (χ0n) is 35.9. The van der Waals surface area contributed by atoms with Crippen molar-refractivity contribution in [1.82, 2.24) is 39.5 Å². The molecule has 314 valence electrons. The highest BCUT2D eigenvalue weighted by molar-refractivity contribution is 5.85. The summed E-state index contributed by atoms with van der Waals surface area (Å²) in [5.74, 6) is 1.80. The summed E-state index contributed by atoms with van der Waals surface area (Å²) in [6.07, 6.45) is 7.26. The third-order valence-electron chi connectivity index (χ3n) is 12.6. The molecule has 7 aromatic rings. The van der Waals surface area contributed by atoms with Crippen LogP contribution in [0, 0.1) is 0 Å². The number of nitrogens with zero attached hydrogens (tertiary/aromatic N) is 6. The first-order chi connectivity index (χ1) is 30.2. The molecule has 0 saturated carbocycles. The van der Waals surface area contributed by atoms with Gasteiger partial charge in [0.25, 0.3) is 0 Å². The maximum absolute atomic E-state index is 14.7. The van der Waals surface area contributed by atoms with Crippen LogP contribution in [-0.2, 0) is 9.59 Å². The molecule has 10 heteroatoms. The van der Waals surface area contributed by atoms with Gasteiger partial charge in [-0.05, 0) is 92.8 Å². The standard InChI is InChI=1S/C52H54N8O2/c1-57(2)47(40-17-10-6-11-18-40)51(61)59-32-14-21-45(59)49-53-33-42(55-49)37-26-22-35(23-27-37)36-24-28-38(29-25-36)43-34-54-50(56-43)46-31-30-44(39-15-8-5-9-16-39)60(46)52(62)48(58(3)4)41-19-12-7-13-20-41/h5-13,15-20,22-29,33-34,44-48H,14,21,30-32H2,1-4H3,(H,53,55)(H,54,56)/t44-,45+,46+,47-,48-/m1/s1. The molecule has 10 nitrogen and oxygen atoms in total. The fourth-order valence-corrected chi connectivity index (χ4v) is 9.59. The van der Waals surface area contributed by atoms with Crippen molar-refractivity contribution in [2.45, 2.75) is 55.9 Å². The van der Waals surface area contributed by atoms with Crippen molar-refractivity contribution in [3.8, 4) is 33.6 Å². The summed E-state index contributed by atoms with van der Waals surface area (Å²) in [6.45, 7) is 0.716. The van der Waals surface area contributed by atoms with E-state index >= 15 is 0 Å². The third kappa shape index (κ3) is 8.11. The van der Waals surface area contributed by atoms with Gasteiger partial charge >= 0.3 is 0 Å². The van der Waals surface area contributed by atoms with Crippen LogP contribution in [-0.4, -0.2) is 86.1 Å². The molecule has 0 aliphatic carbocycles. The van der Waals surface area contributed by atoms with E-state index < -0.39 is 6.04 Å². The zero-order chi connectivity index (χ0) is 42.7. The number of aromatic nitrogens is 4. The van der Waals surface area contributed by atoms with Crippen molar-refractivity contribution < 1.29 is 9.59 Å². The van der Waals surface area contributed by atoms with E-state index in [1.54, 1.807) is 0 Å². The second-order valence-corrected chi connectivity index (χ2v) is 17.0. The van der Waals surface area contributed by atoms with E-state index in [1.807, 2.05) is 134 Å². The van der Waals surface area contributed by atoms with E-state index in [4.69, 9.17) is 9.97 Å². The molecule has 2 aliphatic rings. The Kier molecular flexibility index (Phi) is 11.7. The normalized spacial score (nSPS) is 18.7. The summed E-state index contributed by atoms with van der Waals surface area (Å²) in [5.41, 5.74) is 9.23. The molecule has 0 bridgehead atoms. The lowest BCUT2D eigenvalue weighted by Gasteiger charge is -2.35. The molecule has 4 heterocycles. The van der Waals surface area contributed by atoms with Crippen molar-refractivity contribution in [2.24, 2.45) is 0 Å². The summed E-state index contributed by atoms with van der Waals surface area (Å²) in [5, 5.41) is 0. The minimum atomic E-state index is -0.419. The van der Waals surface area contributed by atoms with Crippen LogP contribution in [0.5, 0.6) is 0 Å². The van der Waals surface area contributed by atoms with Crippen molar-refractivity contribution >= 4 is 11.8 Å². The van der Waals surface area contributed by atoms with Crippen LogP contribution in [0.25, 0.3) is 33.6 Å². The van der Waals surface area contributed by atoms with E-state index in [2.05, 4.69) is 75.5 Å². The summed E-state index contributed by atoms with van der Waals surface area (Å²) in [6, 6.07) is 46.3. The number of aromatic amines is 2. The molecule has 2 fully saturated rings. The maximum Gasteiger partial charge on any atom is 0.245 e. The average Bonchev–Trinajstić information content (AvgIpc) is 4.15. The lowest BCUT2D eigenvalue weighted by Crippen LogP contribution is -2.41. The van der Waals surface area contributed by atoms with Gasteiger partial charge in [-0.3, -0.25) is 19.4 Å². The Labute approximate surface area is 364 Å². The second-order valence-electron chi connectivity index (χ2n) is 17.0. The number of likely N-dealkylation sites (tertiary alicyclic amines) is 2. The van der Waals surface area contributed by atoms with Gasteiger partial charge in [0.2, 0.25) is 11.8 Å². The highest BCUT2D eigenvalue weighted by atomic mass is 16.2. The fourth-order valence-electron chi connectivity index (χ4n) is 9.59. The van der Waals surface area contributed by atoms with Crippen molar-refractivity contribution in [2.75, 3.05) is 34.7 Å². The number of hydrogen-bond donors (Lipinski definition) is 2. The predicted octanol–water partition coefficient (Wildman–Crippen LogP) is 9.81. The van der Waals surface area contributed by atoms with Crippen LogP contribution in [0.15, 0.2) is 152 Å². The highest BCUT2D eigenvalue weighted by Crippen LogP contribution is 2.45. The maximum atomic E-state index is 14.7. The number of H-pyrrole nitrogens is 2. The molecule has 0 unspecified atom stereocenters. The quantitative estimate of drug-likeness (QED) is 0.127. The topological polar surface area (TPSA) is 104 Å². The number of amides is 2. The Balaban J connectivity index is 0.898. The van der Waals surface area contributed by atoms with Crippen LogP contribution in [0.2, 0.25) is 0 Å². The number of likely N-dealkylation sites (N-methyl/N-ethyl adjacent to an activating group) is 2. The van der Waals surface area contributed by atoms with Gasteiger partial charge < -0.3 is 19.8 Å². The third-order valence-corrected chi connectivity index (χ3v) is 12.6. The predicted molar refractivity (Wildman–Crippen MR) is 244 cm³/mol. The average molecular weight is 823 g/mol. The summed E-state index contributed by atoms with van der Waals surface area (Å²) in [7, 11) is 7.87. The first-order valence-electron chi connectivity index (χ1n) is 21.7.